The van der Waals surface area contributed by atoms with Crippen LogP contribution >= 0.6 is 0 Å². The van der Waals surface area contributed by atoms with Crippen molar-refractivity contribution >= 4 is 5.78 Å². The predicted molar refractivity (Wildman–Crippen MR) is 44.9 cm³/mol. The summed E-state index contributed by atoms with van der Waals surface area (Å²) < 4.78 is 5.34. The van der Waals surface area contributed by atoms with E-state index in [0.717, 1.165) is 19.5 Å². The predicted octanol–water partition coefficient (Wildman–Crippen LogP) is 0.215. The lowest BCUT2D eigenvalue weighted by atomic mass is 10.1. The van der Waals surface area contributed by atoms with Crippen LogP contribution in [0.3, 0.4) is 0 Å². The normalized spacial score (nSPS) is 35.5. The molecule has 0 spiro atoms. The quantitative estimate of drug-likeness (QED) is 0.551. The van der Waals surface area contributed by atoms with E-state index in [0.29, 0.717) is 6.61 Å². The highest BCUT2D eigenvalue weighted by Gasteiger charge is 2.43. The minimum Gasteiger partial charge on any atom is -0.368 e. The van der Waals surface area contributed by atoms with Crippen molar-refractivity contribution < 1.29 is 9.53 Å². The molecule has 0 aromatic carbocycles. The van der Waals surface area contributed by atoms with Crippen LogP contribution in [0.25, 0.3) is 0 Å². The summed E-state index contributed by atoms with van der Waals surface area (Å²) in [5, 5.41) is 0. The summed E-state index contributed by atoms with van der Waals surface area (Å²) in [5.74, 6) is 0.236. The number of hydrogen-bond donors (Lipinski definition) is 0. The summed E-state index contributed by atoms with van der Waals surface area (Å²) in [7, 11) is 0. The van der Waals surface area contributed by atoms with Gasteiger partial charge in [0.2, 0.25) is 0 Å². The molecule has 0 bridgehead atoms. The number of carbonyl (C=O) groups is 1. The van der Waals surface area contributed by atoms with E-state index in [1.54, 1.807) is 0 Å². The fraction of sp³-hybridized carbons (Fsp3) is 0.667. The van der Waals surface area contributed by atoms with E-state index in [1.807, 2.05) is 6.08 Å². The van der Waals surface area contributed by atoms with Gasteiger partial charge in [0.25, 0.3) is 0 Å². The standard InChI is InChI=1S/C9H13NO2/c1-2-4-10-5-3-8-9(10)7(11)6-12-8/h2,8-9H,1,3-6H2. The molecule has 12 heavy (non-hydrogen) atoms. The minimum absolute atomic E-state index is 0.0306. The average molecular weight is 167 g/mol. The van der Waals surface area contributed by atoms with Crippen molar-refractivity contribution in [3.8, 4) is 0 Å². The zero-order valence-electron chi connectivity index (χ0n) is 7.03. The topological polar surface area (TPSA) is 29.5 Å². The summed E-state index contributed by atoms with van der Waals surface area (Å²) in [4.78, 5) is 13.5. The molecule has 2 atom stereocenters. The molecule has 2 rings (SSSR count). The van der Waals surface area contributed by atoms with Crippen molar-refractivity contribution in [3.63, 3.8) is 0 Å². The first-order valence-corrected chi connectivity index (χ1v) is 4.32. The van der Waals surface area contributed by atoms with Gasteiger partial charge in [0, 0.05) is 13.1 Å². The molecule has 0 radical (unpaired) electrons. The molecule has 66 valence electrons. The SMILES string of the molecule is C=CCN1CCC2OCC(=O)C21. The summed E-state index contributed by atoms with van der Waals surface area (Å²) in [6.07, 6.45) is 3.00. The highest BCUT2D eigenvalue weighted by atomic mass is 16.5. The Labute approximate surface area is 72.0 Å². The third-order valence-corrected chi connectivity index (χ3v) is 2.58. The lowest BCUT2D eigenvalue weighted by molar-refractivity contribution is -0.121. The second-order valence-electron chi connectivity index (χ2n) is 3.33. The van der Waals surface area contributed by atoms with Crippen LogP contribution in [0.2, 0.25) is 0 Å². The molecule has 0 aliphatic carbocycles. The number of Topliss-reactive ketones (excluding diaryl/α,β-unsaturated/α-hetero) is 1. The fourth-order valence-electron chi connectivity index (χ4n) is 2.06. The van der Waals surface area contributed by atoms with Crippen molar-refractivity contribution in [2.45, 2.75) is 18.6 Å². The molecule has 0 aromatic rings. The van der Waals surface area contributed by atoms with E-state index < -0.39 is 0 Å². The van der Waals surface area contributed by atoms with Gasteiger partial charge in [0.05, 0.1) is 12.1 Å². The molecule has 2 saturated heterocycles. The Morgan fingerprint density at radius 2 is 2.58 bits per heavy atom. The Morgan fingerprint density at radius 1 is 1.75 bits per heavy atom. The maximum Gasteiger partial charge on any atom is 0.178 e. The number of hydrogen-bond acceptors (Lipinski definition) is 3. The van der Waals surface area contributed by atoms with E-state index in [2.05, 4.69) is 11.5 Å². The van der Waals surface area contributed by atoms with Crippen molar-refractivity contribution in [2.75, 3.05) is 19.7 Å². The van der Waals surface area contributed by atoms with E-state index >= 15 is 0 Å². The highest BCUT2D eigenvalue weighted by Crippen LogP contribution is 2.26. The van der Waals surface area contributed by atoms with Gasteiger partial charge in [-0.25, -0.2) is 0 Å². The molecule has 0 saturated carbocycles. The van der Waals surface area contributed by atoms with Crippen molar-refractivity contribution in [2.24, 2.45) is 0 Å². The molecule has 2 unspecified atom stereocenters. The van der Waals surface area contributed by atoms with Gasteiger partial charge in [-0.3, -0.25) is 9.69 Å². The number of nitrogens with zero attached hydrogens (tertiary/aromatic N) is 1. The first-order chi connectivity index (χ1) is 5.83. The second-order valence-corrected chi connectivity index (χ2v) is 3.33. The zero-order chi connectivity index (χ0) is 8.55. The Balaban J connectivity index is 2.08. The van der Waals surface area contributed by atoms with Gasteiger partial charge in [0.15, 0.2) is 5.78 Å². The van der Waals surface area contributed by atoms with E-state index in [1.165, 1.54) is 0 Å². The smallest absolute Gasteiger partial charge is 0.178 e. The van der Waals surface area contributed by atoms with E-state index in [9.17, 15) is 4.79 Å². The summed E-state index contributed by atoms with van der Waals surface area (Å²) in [6, 6.07) is 0.0306. The largest absolute Gasteiger partial charge is 0.368 e. The van der Waals surface area contributed by atoms with Gasteiger partial charge in [-0.05, 0) is 6.42 Å². The maximum atomic E-state index is 11.3. The van der Waals surface area contributed by atoms with Crippen LogP contribution in [0.4, 0.5) is 0 Å². The van der Waals surface area contributed by atoms with E-state index in [4.69, 9.17) is 4.74 Å². The van der Waals surface area contributed by atoms with E-state index in [-0.39, 0.29) is 17.9 Å². The van der Waals surface area contributed by atoms with Gasteiger partial charge in [0.1, 0.15) is 6.61 Å². The van der Waals surface area contributed by atoms with Gasteiger partial charge >= 0.3 is 0 Å². The third kappa shape index (κ3) is 1.09. The molecule has 3 heteroatoms. The molecular formula is C9H13NO2. The average Bonchev–Trinajstić information content (AvgIpc) is 2.58. The second kappa shape index (κ2) is 2.99. The number of fused-ring (bicyclic) bond motifs is 1. The Bertz CT molecular complexity index is 215. The maximum absolute atomic E-state index is 11.3. The molecule has 0 amide bonds. The summed E-state index contributed by atoms with van der Waals surface area (Å²) >= 11 is 0. The molecule has 2 heterocycles. The number of likely N-dealkylation sites (tertiary alicyclic amines) is 1. The number of carbonyl (C=O) groups excluding carboxylic acids is 1. The molecular weight excluding hydrogens is 154 g/mol. The Hall–Kier alpha value is -0.670. The number of ketones is 1. The van der Waals surface area contributed by atoms with Gasteiger partial charge < -0.3 is 4.74 Å². The Kier molecular flexibility index (Phi) is 1.98. The van der Waals surface area contributed by atoms with Crippen LogP contribution in [0, 0.1) is 0 Å². The first kappa shape index (κ1) is 7.95. The molecule has 3 nitrogen and oxygen atoms in total. The molecule has 0 aromatic heterocycles. The fourth-order valence-corrected chi connectivity index (χ4v) is 2.06. The minimum atomic E-state index is 0.0306. The summed E-state index contributed by atoms with van der Waals surface area (Å²) in [5.41, 5.74) is 0. The van der Waals surface area contributed by atoms with Gasteiger partial charge in [-0.2, -0.15) is 0 Å². The van der Waals surface area contributed by atoms with Crippen molar-refractivity contribution in [3.05, 3.63) is 12.7 Å². The van der Waals surface area contributed by atoms with Crippen LogP contribution in [-0.2, 0) is 9.53 Å². The summed E-state index contributed by atoms with van der Waals surface area (Å²) in [6.45, 7) is 5.75. The van der Waals surface area contributed by atoms with Gasteiger partial charge in [-0.1, -0.05) is 6.08 Å². The van der Waals surface area contributed by atoms with Crippen molar-refractivity contribution in [1.82, 2.24) is 4.90 Å². The molecule has 0 N–H and O–H groups in total. The van der Waals surface area contributed by atoms with Crippen molar-refractivity contribution in [1.29, 1.82) is 0 Å². The zero-order valence-corrected chi connectivity index (χ0v) is 7.03. The monoisotopic (exact) mass is 167 g/mol. The van der Waals surface area contributed by atoms with Crippen LogP contribution in [-0.4, -0.2) is 42.5 Å². The molecule has 2 aliphatic heterocycles. The third-order valence-electron chi connectivity index (χ3n) is 2.58. The van der Waals surface area contributed by atoms with Gasteiger partial charge in [-0.15, -0.1) is 6.58 Å². The number of rotatable bonds is 2. The van der Waals surface area contributed by atoms with Crippen LogP contribution in [0.15, 0.2) is 12.7 Å². The van der Waals surface area contributed by atoms with Crippen LogP contribution in [0.5, 0.6) is 0 Å². The lowest BCUT2D eigenvalue weighted by Crippen LogP contribution is -2.37. The highest BCUT2D eigenvalue weighted by molar-refractivity contribution is 5.88. The molecule has 2 fully saturated rings. The first-order valence-electron chi connectivity index (χ1n) is 4.32. The van der Waals surface area contributed by atoms with Crippen LogP contribution < -0.4 is 0 Å². The molecule has 2 aliphatic rings. The lowest BCUT2D eigenvalue weighted by Gasteiger charge is -2.18. The van der Waals surface area contributed by atoms with Crippen LogP contribution in [0.1, 0.15) is 6.42 Å². The number of ether oxygens (including phenoxy) is 1. The Morgan fingerprint density at radius 3 is 3.33 bits per heavy atom.